The van der Waals surface area contributed by atoms with Crippen LogP contribution in [0.15, 0.2) is 0 Å². The zero-order chi connectivity index (χ0) is 26.4. The zero-order valence-corrected chi connectivity index (χ0v) is 20.4. The third-order valence-corrected chi connectivity index (χ3v) is 5.43. The summed E-state index contributed by atoms with van der Waals surface area (Å²) in [7, 11) is 0. The smallest absolute Gasteiger partial charge is 0.326 e. The van der Waals surface area contributed by atoms with Crippen molar-refractivity contribution < 1.29 is 39.0 Å². The van der Waals surface area contributed by atoms with Crippen LogP contribution in [0.1, 0.15) is 46.0 Å². The maximum Gasteiger partial charge on any atom is 0.326 e. The highest BCUT2D eigenvalue weighted by molar-refractivity contribution is 7.98. The second kappa shape index (κ2) is 15.9. The first-order valence-corrected chi connectivity index (χ1v) is 12.1. The van der Waals surface area contributed by atoms with Crippen LogP contribution in [0.5, 0.6) is 0 Å². The van der Waals surface area contributed by atoms with Crippen molar-refractivity contribution in [3.05, 3.63) is 0 Å². The first-order valence-electron chi connectivity index (χ1n) is 10.7. The number of nitrogens with two attached hydrogens (primary N) is 2. The molecule has 0 heterocycles. The van der Waals surface area contributed by atoms with E-state index in [0.717, 1.165) is 0 Å². The number of carboxylic acids is 2. The number of aliphatic carboxylic acids is 2. The molecule has 0 aliphatic carbocycles. The molecule has 0 radical (unpaired) electrons. The predicted molar refractivity (Wildman–Crippen MR) is 125 cm³/mol. The molecule has 0 saturated heterocycles. The molecule has 9 N–H and O–H groups in total. The summed E-state index contributed by atoms with van der Waals surface area (Å²) >= 11 is 1.40. The van der Waals surface area contributed by atoms with Gasteiger partial charge in [-0.15, -0.1) is 0 Å². The lowest BCUT2D eigenvalue weighted by Gasteiger charge is -2.27. The van der Waals surface area contributed by atoms with E-state index in [1.165, 1.54) is 11.8 Å². The van der Waals surface area contributed by atoms with Crippen molar-refractivity contribution in [2.24, 2.45) is 17.4 Å². The van der Waals surface area contributed by atoms with E-state index in [-0.39, 0.29) is 31.6 Å². The Hall–Kier alpha value is -2.87. The van der Waals surface area contributed by atoms with Crippen LogP contribution < -0.4 is 27.4 Å². The fraction of sp³-hybridized carbons (Fsp3) is 0.700. The average molecular weight is 506 g/mol. The minimum absolute atomic E-state index is 0.000720. The highest BCUT2D eigenvalue weighted by Gasteiger charge is 2.31. The van der Waals surface area contributed by atoms with Crippen LogP contribution in [0.4, 0.5) is 0 Å². The summed E-state index contributed by atoms with van der Waals surface area (Å²) in [5, 5.41) is 25.4. The number of primary amides is 1. The van der Waals surface area contributed by atoms with E-state index in [9.17, 15) is 33.9 Å². The maximum atomic E-state index is 12.9. The second-order valence-electron chi connectivity index (χ2n) is 8.02. The van der Waals surface area contributed by atoms with Gasteiger partial charge in [0.05, 0.1) is 6.04 Å². The molecule has 0 aliphatic rings. The van der Waals surface area contributed by atoms with Crippen LogP contribution in [-0.2, 0) is 28.8 Å². The van der Waals surface area contributed by atoms with Crippen LogP contribution in [0.25, 0.3) is 0 Å². The quantitative estimate of drug-likeness (QED) is 0.119. The molecule has 4 unspecified atom stereocenters. The van der Waals surface area contributed by atoms with Gasteiger partial charge < -0.3 is 37.6 Å². The summed E-state index contributed by atoms with van der Waals surface area (Å²) < 4.78 is 0. The Morgan fingerprint density at radius 1 is 0.824 bits per heavy atom. The minimum atomic E-state index is -1.44. The van der Waals surface area contributed by atoms with E-state index in [1.54, 1.807) is 20.1 Å². The average Bonchev–Trinajstić information content (AvgIpc) is 2.74. The summed E-state index contributed by atoms with van der Waals surface area (Å²) in [6, 6.07) is -4.68. The molecule has 0 rings (SSSR count). The van der Waals surface area contributed by atoms with Gasteiger partial charge in [-0.05, 0) is 37.2 Å². The topological polar surface area (TPSA) is 231 Å². The van der Waals surface area contributed by atoms with Gasteiger partial charge in [0, 0.05) is 12.8 Å². The molecule has 0 saturated carbocycles. The van der Waals surface area contributed by atoms with Gasteiger partial charge in [0.2, 0.25) is 23.6 Å². The van der Waals surface area contributed by atoms with E-state index < -0.39 is 66.2 Å². The fourth-order valence-electron chi connectivity index (χ4n) is 2.79. The van der Waals surface area contributed by atoms with Gasteiger partial charge in [-0.1, -0.05) is 13.8 Å². The van der Waals surface area contributed by atoms with Crippen molar-refractivity contribution in [2.45, 2.75) is 70.1 Å². The van der Waals surface area contributed by atoms with Crippen LogP contribution in [0, 0.1) is 5.92 Å². The van der Waals surface area contributed by atoms with Crippen molar-refractivity contribution in [1.29, 1.82) is 0 Å². The van der Waals surface area contributed by atoms with E-state index in [0.29, 0.717) is 5.75 Å². The molecule has 13 nitrogen and oxygen atoms in total. The molecule has 14 heteroatoms. The van der Waals surface area contributed by atoms with Crippen LogP contribution >= 0.6 is 11.8 Å². The molecular formula is C20H35N5O8S. The molecule has 0 spiro atoms. The highest BCUT2D eigenvalue weighted by Crippen LogP contribution is 2.08. The molecule has 4 atom stereocenters. The Morgan fingerprint density at radius 2 is 1.41 bits per heavy atom. The van der Waals surface area contributed by atoms with Gasteiger partial charge in [-0.3, -0.25) is 24.0 Å². The lowest BCUT2D eigenvalue weighted by molar-refractivity contribution is -0.143. The third-order valence-electron chi connectivity index (χ3n) is 4.79. The van der Waals surface area contributed by atoms with E-state index in [2.05, 4.69) is 16.0 Å². The molecule has 194 valence electrons. The van der Waals surface area contributed by atoms with Crippen molar-refractivity contribution >= 4 is 47.3 Å². The number of rotatable bonds is 17. The molecule has 0 aliphatic heterocycles. The van der Waals surface area contributed by atoms with E-state index in [1.807, 2.05) is 0 Å². The number of amides is 4. The second-order valence-corrected chi connectivity index (χ2v) is 9.00. The highest BCUT2D eigenvalue weighted by atomic mass is 32.2. The number of carbonyl (C=O) groups is 6. The van der Waals surface area contributed by atoms with Gasteiger partial charge in [0.25, 0.3) is 0 Å². The lowest BCUT2D eigenvalue weighted by atomic mass is 10.0. The third kappa shape index (κ3) is 12.4. The number of carbonyl (C=O) groups excluding carboxylic acids is 4. The summed E-state index contributed by atoms with van der Waals surface area (Å²) in [6.07, 6.45) is 1.06. The first-order chi connectivity index (χ1) is 15.8. The summed E-state index contributed by atoms with van der Waals surface area (Å²) in [6.45, 7) is 3.34. The Bertz CT molecular complexity index is 748. The summed E-state index contributed by atoms with van der Waals surface area (Å²) in [5.74, 6) is -5.29. The molecule has 0 aromatic carbocycles. The normalized spacial score (nSPS) is 14.4. The van der Waals surface area contributed by atoms with Crippen LogP contribution in [-0.4, -0.2) is 82.0 Å². The summed E-state index contributed by atoms with van der Waals surface area (Å²) in [4.78, 5) is 71.0. The molecular weight excluding hydrogens is 470 g/mol. The van der Waals surface area contributed by atoms with Crippen molar-refractivity contribution in [1.82, 2.24) is 16.0 Å². The van der Waals surface area contributed by atoms with E-state index >= 15 is 0 Å². The van der Waals surface area contributed by atoms with Gasteiger partial charge in [-0.25, -0.2) is 4.79 Å². The fourth-order valence-corrected chi connectivity index (χ4v) is 3.26. The lowest BCUT2D eigenvalue weighted by Crippen LogP contribution is -2.58. The maximum absolute atomic E-state index is 12.9. The van der Waals surface area contributed by atoms with Crippen molar-refractivity contribution in [3.63, 3.8) is 0 Å². The zero-order valence-electron chi connectivity index (χ0n) is 19.5. The minimum Gasteiger partial charge on any atom is -0.481 e. The van der Waals surface area contributed by atoms with Gasteiger partial charge in [-0.2, -0.15) is 11.8 Å². The van der Waals surface area contributed by atoms with Crippen molar-refractivity contribution in [2.75, 3.05) is 12.0 Å². The standard InChI is InChI=1S/C20H35N5O8S/c1-10(2)16(25-17(29)11(21)4-6-14(22)26)19(31)23-12(8-9-34-3)18(30)24-13(20(32)33)5-7-15(27)28/h10-13,16H,4-9,21H2,1-3H3,(H2,22,26)(H,23,31)(H,24,30)(H,25,29)(H,27,28)(H,32,33). The molecule has 0 aromatic rings. The molecule has 34 heavy (non-hydrogen) atoms. The number of nitrogens with one attached hydrogen (secondary N) is 3. The van der Waals surface area contributed by atoms with Crippen LogP contribution in [0.3, 0.4) is 0 Å². The Labute approximate surface area is 202 Å². The number of thioether (sulfide) groups is 1. The Balaban J connectivity index is 5.36. The van der Waals surface area contributed by atoms with Gasteiger partial charge in [0.1, 0.15) is 18.1 Å². The molecule has 0 fully saturated rings. The summed E-state index contributed by atoms with van der Waals surface area (Å²) in [5.41, 5.74) is 10.8. The number of carboxylic acid groups (broad SMARTS) is 2. The van der Waals surface area contributed by atoms with Gasteiger partial charge in [0.15, 0.2) is 0 Å². The Kier molecular flexibility index (Phi) is 14.5. The first kappa shape index (κ1) is 31.1. The monoisotopic (exact) mass is 505 g/mol. The van der Waals surface area contributed by atoms with E-state index in [4.69, 9.17) is 16.6 Å². The molecule has 0 aromatic heterocycles. The number of hydrogen-bond donors (Lipinski definition) is 7. The van der Waals surface area contributed by atoms with Gasteiger partial charge >= 0.3 is 11.9 Å². The Morgan fingerprint density at radius 3 is 1.88 bits per heavy atom. The molecule has 0 bridgehead atoms. The predicted octanol–water partition coefficient (Wildman–Crippen LogP) is -1.61. The van der Waals surface area contributed by atoms with Crippen LogP contribution in [0.2, 0.25) is 0 Å². The SMILES string of the molecule is CSCCC(NC(=O)C(NC(=O)C(N)CCC(N)=O)C(C)C)C(=O)NC(CCC(=O)O)C(=O)O. The largest absolute Gasteiger partial charge is 0.481 e. The number of hydrogen-bond acceptors (Lipinski definition) is 8. The van der Waals surface area contributed by atoms with Crippen molar-refractivity contribution in [3.8, 4) is 0 Å². The molecule has 4 amide bonds.